The minimum Gasteiger partial charge on any atom is -0.355 e. The molecular weight excluding hydrogens is 204 g/mol. The molecule has 5 nitrogen and oxygen atoms in total. The molecule has 1 amide bonds. The van der Waals surface area contributed by atoms with Crippen LogP contribution in [-0.4, -0.2) is 34.6 Å². The number of rotatable bonds is 7. The van der Waals surface area contributed by atoms with Crippen molar-refractivity contribution in [1.29, 1.82) is 0 Å². The average molecular weight is 224 g/mol. The quantitative estimate of drug-likeness (QED) is 0.659. The Morgan fingerprint density at radius 1 is 1.44 bits per heavy atom. The van der Waals surface area contributed by atoms with Gasteiger partial charge in [-0.3, -0.25) is 4.79 Å². The number of hydrogen-bond donors (Lipinski definition) is 2. The Kier molecular flexibility index (Phi) is 5.56. The van der Waals surface area contributed by atoms with Gasteiger partial charge in [-0.05, 0) is 0 Å². The molecule has 2 N–H and O–H groups in total. The molecule has 0 aromatic carbocycles. The lowest BCUT2D eigenvalue weighted by Gasteiger charge is -2.09. The van der Waals surface area contributed by atoms with E-state index in [2.05, 4.69) is 29.5 Å². The van der Waals surface area contributed by atoms with E-state index in [-0.39, 0.29) is 5.91 Å². The molecule has 0 aliphatic rings. The van der Waals surface area contributed by atoms with Crippen LogP contribution < -0.4 is 10.6 Å². The summed E-state index contributed by atoms with van der Waals surface area (Å²) in [7, 11) is 0. The molecule has 0 radical (unpaired) electrons. The van der Waals surface area contributed by atoms with E-state index in [9.17, 15) is 4.79 Å². The first-order chi connectivity index (χ1) is 7.68. The lowest BCUT2D eigenvalue weighted by atomic mass is 10.3. The zero-order valence-electron chi connectivity index (χ0n) is 9.94. The van der Waals surface area contributed by atoms with Crippen LogP contribution in [0.3, 0.4) is 0 Å². The molecule has 0 spiro atoms. The highest BCUT2D eigenvalue weighted by molar-refractivity contribution is 5.75. The summed E-state index contributed by atoms with van der Waals surface area (Å²) in [6.07, 6.45) is 5.78. The maximum absolute atomic E-state index is 11.4. The van der Waals surface area contributed by atoms with Crippen LogP contribution in [0.25, 0.3) is 0 Å². The molecule has 0 unspecified atom stereocenters. The van der Waals surface area contributed by atoms with E-state index in [1.165, 1.54) is 0 Å². The number of carbonyl (C=O) groups is 1. The van der Waals surface area contributed by atoms with Gasteiger partial charge < -0.3 is 15.2 Å². The van der Waals surface area contributed by atoms with Crippen LogP contribution in [-0.2, 0) is 11.3 Å². The number of aryl methyl sites for hydroxylation is 1. The van der Waals surface area contributed by atoms with Crippen LogP contribution in [0, 0.1) is 0 Å². The third kappa shape index (κ3) is 5.50. The summed E-state index contributed by atoms with van der Waals surface area (Å²) in [5, 5.41) is 6.11. The minimum absolute atomic E-state index is 0.0826. The molecule has 0 aliphatic heterocycles. The summed E-state index contributed by atoms with van der Waals surface area (Å²) in [5.41, 5.74) is 0. The van der Waals surface area contributed by atoms with Crippen LogP contribution in [0.15, 0.2) is 18.7 Å². The first-order valence-electron chi connectivity index (χ1n) is 5.64. The number of imidazole rings is 1. The molecule has 0 saturated heterocycles. The maximum atomic E-state index is 11.4. The molecule has 5 heteroatoms. The van der Waals surface area contributed by atoms with E-state index in [0.29, 0.717) is 25.6 Å². The Bertz CT molecular complexity index is 295. The molecule has 1 aromatic heterocycles. The summed E-state index contributed by atoms with van der Waals surface area (Å²) in [6.45, 7) is 6.35. The maximum Gasteiger partial charge on any atom is 0.221 e. The largest absolute Gasteiger partial charge is 0.355 e. The number of nitrogens with zero attached hydrogens (tertiary/aromatic N) is 2. The van der Waals surface area contributed by atoms with Gasteiger partial charge in [0.05, 0.1) is 6.33 Å². The average Bonchev–Trinajstić information content (AvgIpc) is 2.74. The van der Waals surface area contributed by atoms with Crippen molar-refractivity contribution in [3.05, 3.63) is 18.7 Å². The first-order valence-corrected chi connectivity index (χ1v) is 5.64. The van der Waals surface area contributed by atoms with Gasteiger partial charge in [0.15, 0.2) is 0 Å². The van der Waals surface area contributed by atoms with Crippen molar-refractivity contribution in [2.45, 2.75) is 32.9 Å². The van der Waals surface area contributed by atoms with Crippen molar-refractivity contribution >= 4 is 5.91 Å². The van der Waals surface area contributed by atoms with E-state index in [1.807, 2.05) is 10.8 Å². The van der Waals surface area contributed by atoms with Gasteiger partial charge in [0.1, 0.15) is 0 Å². The second kappa shape index (κ2) is 7.00. The third-order valence-electron chi connectivity index (χ3n) is 2.16. The second-order valence-electron chi connectivity index (χ2n) is 4.01. The molecule has 16 heavy (non-hydrogen) atoms. The predicted molar refractivity (Wildman–Crippen MR) is 63.0 cm³/mol. The number of hydrogen-bond acceptors (Lipinski definition) is 3. The van der Waals surface area contributed by atoms with Gasteiger partial charge in [-0.15, -0.1) is 0 Å². The highest BCUT2D eigenvalue weighted by Gasteiger charge is 2.00. The number of amides is 1. The van der Waals surface area contributed by atoms with Crippen LogP contribution in [0.5, 0.6) is 0 Å². The van der Waals surface area contributed by atoms with E-state index < -0.39 is 0 Å². The first kappa shape index (κ1) is 12.7. The Morgan fingerprint density at radius 3 is 2.88 bits per heavy atom. The second-order valence-corrected chi connectivity index (χ2v) is 4.01. The van der Waals surface area contributed by atoms with Gasteiger partial charge in [-0.25, -0.2) is 4.98 Å². The molecule has 0 atom stereocenters. The van der Waals surface area contributed by atoms with Gasteiger partial charge in [0.2, 0.25) is 5.91 Å². The van der Waals surface area contributed by atoms with E-state index in [1.54, 1.807) is 12.5 Å². The van der Waals surface area contributed by atoms with Gasteiger partial charge in [-0.1, -0.05) is 13.8 Å². The van der Waals surface area contributed by atoms with Crippen LogP contribution >= 0.6 is 0 Å². The predicted octanol–water partition coefficient (Wildman–Crippen LogP) is 0.387. The van der Waals surface area contributed by atoms with E-state index >= 15 is 0 Å². The van der Waals surface area contributed by atoms with Crippen molar-refractivity contribution in [3.63, 3.8) is 0 Å². The standard InChI is InChI=1S/C11H20N4O/c1-10(2)13-4-5-14-11(16)3-7-15-8-6-12-9-15/h6,8-10,13H,3-5,7H2,1-2H3,(H,14,16). The minimum atomic E-state index is 0.0826. The van der Waals surface area contributed by atoms with Gasteiger partial charge in [0, 0.05) is 44.5 Å². The van der Waals surface area contributed by atoms with Crippen molar-refractivity contribution in [2.24, 2.45) is 0 Å². The summed E-state index contributed by atoms with van der Waals surface area (Å²) in [5.74, 6) is 0.0826. The van der Waals surface area contributed by atoms with Crippen molar-refractivity contribution in [2.75, 3.05) is 13.1 Å². The zero-order chi connectivity index (χ0) is 11.8. The molecule has 90 valence electrons. The Hall–Kier alpha value is -1.36. The number of carbonyl (C=O) groups excluding carboxylic acids is 1. The lowest BCUT2D eigenvalue weighted by Crippen LogP contribution is -2.34. The number of nitrogens with one attached hydrogen (secondary N) is 2. The normalized spacial score (nSPS) is 10.7. The highest BCUT2D eigenvalue weighted by Crippen LogP contribution is 1.90. The molecule has 1 aromatic rings. The van der Waals surface area contributed by atoms with Crippen molar-refractivity contribution < 1.29 is 4.79 Å². The summed E-state index contributed by atoms with van der Waals surface area (Å²) >= 11 is 0. The summed E-state index contributed by atoms with van der Waals surface area (Å²) < 4.78 is 1.89. The van der Waals surface area contributed by atoms with Crippen LogP contribution in [0.4, 0.5) is 0 Å². The molecular formula is C11H20N4O. The van der Waals surface area contributed by atoms with Gasteiger partial charge in [0.25, 0.3) is 0 Å². The fourth-order valence-corrected chi connectivity index (χ4v) is 1.30. The Balaban J connectivity index is 2.03. The summed E-state index contributed by atoms with van der Waals surface area (Å²) in [4.78, 5) is 15.3. The van der Waals surface area contributed by atoms with Crippen molar-refractivity contribution in [1.82, 2.24) is 20.2 Å². The molecule has 1 heterocycles. The van der Waals surface area contributed by atoms with E-state index in [4.69, 9.17) is 0 Å². The lowest BCUT2D eigenvalue weighted by molar-refractivity contribution is -0.121. The molecule has 0 saturated carbocycles. The van der Waals surface area contributed by atoms with Crippen LogP contribution in [0.1, 0.15) is 20.3 Å². The Morgan fingerprint density at radius 2 is 2.25 bits per heavy atom. The van der Waals surface area contributed by atoms with Gasteiger partial charge in [-0.2, -0.15) is 0 Å². The van der Waals surface area contributed by atoms with E-state index in [0.717, 1.165) is 6.54 Å². The molecule has 0 aliphatic carbocycles. The smallest absolute Gasteiger partial charge is 0.221 e. The molecule has 1 rings (SSSR count). The fraction of sp³-hybridized carbons (Fsp3) is 0.636. The molecule has 0 fully saturated rings. The molecule has 0 bridgehead atoms. The Labute approximate surface area is 96.3 Å². The zero-order valence-corrected chi connectivity index (χ0v) is 9.94. The third-order valence-corrected chi connectivity index (χ3v) is 2.16. The fourth-order valence-electron chi connectivity index (χ4n) is 1.30. The number of aromatic nitrogens is 2. The highest BCUT2D eigenvalue weighted by atomic mass is 16.1. The summed E-state index contributed by atoms with van der Waals surface area (Å²) in [6, 6.07) is 0.461. The monoisotopic (exact) mass is 224 g/mol. The van der Waals surface area contributed by atoms with Gasteiger partial charge >= 0.3 is 0 Å². The van der Waals surface area contributed by atoms with Crippen molar-refractivity contribution in [3.8, 4) is 0 Å². The SMILES string of the molecule is CC(C)NCCNC(=O)CCn1ccnc1. The topological polar surface area (TPSA) is 58.9 Å². The van der Waals surface area contributed by atoms with Crippen LogP contribution in [0.2, 0.25) is 0 Å².